The number of rotatable bonds is 8. The molecule has 0 saturated heterocycles. The van der Waals surface area contributed by atoms with Crippen LogP contribution in [0.1, 0.15) is 48.7 Å². The third-order valence-corrected chi connectivity index (χ3v) is 12.0. The van der Waals surface area contributed by atoms with E-state index in [-0.39, 0.29) is 5.41 Å². The Hall–Kier alpha value is -7.23. The van der Waals surface area contributed by atoms with E-state index < -0.39 is 0 Å². The van der Waals surface area contributed by atoms with Gasteiger partial charge in [-0.3, -0.25) is 4.98 Å². The van der Waals surface area contributed by atoms with E-state index in [9.17, 15) is 0 Å². The number of para-hydroxylation sites is 2. The van der Waals surface area contributed by atoms with Gasteiger partial charge in [0.05, 0.1) is 16.9 Å². The fourth-order valence-corrected chi connectivity index (χ4v) is 9.20. The molecule has 0 bridgehead atoms. The number of aromatic nitrogens is 2. The molecule has 0 unspecified atom stereocenters. The van der Waals surface area contributed by atoms with Crippen LogP contribution in [0.4, 0.5) is 17.1 Å². The van der Waals surface area contributed by atoms with Gasteiger partial charge < -0.3 is 9.47 Å². The van der Waals surface area contributed by atoms with Crippen LogP contribution in [0.5, 0.6) is 0 Å². The second-order valence-electron chi connectivity index (χ2n) is 15.7. The van der Waals surface area contributed by atoms with Gasteiger partial charge in [0.2, 0.25) is 0 Å². The first-order valence-electron chi connectivity index (χ1n) is 20.0. The predicted molar refractivity (Wildman–Crippen MR) is 246 cm³/mol. The Bertz CT molecular complexity index is 3040. The summed E-state index contributed by atoms with van der Waals surface area (Å²) in [5.41, 5.74) is 17.7. The van der Waals surface area contributed by atoms with E-state index in [4.69, 9.17) is 0 Å². The van der Waals surface area contributed by atoms with Crippen molar-refractivity contribution in [3.05, 3.63) is 217 Å². The van der Waals surface area contributed by atoms with E-state index in [0.29, 0.717) is 0 Å². The van der Waals surface area contributed by atoms with Crippen LogP contribution < -0.4 is 4.90 Å². The highest BCUT2D eigenvalue weighted by Crippen LogP contribution is 2.51. The highest BCUT2D eigenvalue weighted by atomic mass is 15.1. The highest BCUT2D eigenvalue weighted by molar-refractivity contribution is 6.07. The van der Waals surface area contributed by atoms with Crippen LogP contribution in [0.2, 0.25) is 0 Å². The molecule has 3 heteroatoms. The summed E-state index contributed by atoms with van der Waals surface area (Å²) in [4.78, 5) is 6.81. The smallest absolute Gasteiger partial charge is 0.0541 e. The van der Waals surface area contributed by atoms with Crippen LogP contribution in [-0.4, -0.2) is 9.55 Å². The molecule has 1 aliphatic rings. The maximum atomic E-state index is 4.38. The van der Waals surface area contributed by atoms with E-state index in [0.717, 1.165) is 50.7 Å². The van der Waals surface area contributed by atoms with Crippen LogP contribution >= 0.6 is 0 Å². The summed E-state index contributed by atoms with van der Waals surface area (Å²) in [7, 11) is 0. The van der Waals surface area contributed by atoms with Gasteiger partial charge in [-0.15, -0.1) is 0 Å². The lowest BCUT2D eigenvalue weighted by Gasteiger charge is -2.29. The van der Waals surface area contributed by atoms with Crippen LogP contribution in [0.25, 0.3) is 67.3 Å². The zero-order valence-electron chi connectivity index (χ0n) is 33.0. The third kappa shape index (κ3) is 5.70. The van der Waals surface area contributed by atoms with E-state index in [1.165, 1.54) is 49.5 Å². The van der Waals surface area contributed by atoms with Gasteiger partial charge in [0.25, 0.3) is 0 Å². The summed E-state index contributed by atoms with van der Waals surface area (Å²) >= 11 is 0. The minimum Gasteiger partial charge on any atom is -0.310 e. The summed E-state index contributed by atoms with van der Waals surface area (Å²) in [6.45, 7) is 11.2. The van der Waals surface area contributed by atoms with Crippen molar-refractivity contribution in [2.45, 2.75) is 26.2 Å². The first-order valence-corrected chi connectivity index (χ1v) is 20.0. The highest BCUT2D eigenvalue weighted by Gasteiger charge is 2.36. The molecule has 9 aromatic rings. The fraction of sp³-hybridized carbons (Fsp3) is 0.0727. The molecular formula is C55H43N3. The summed E-state index contributed by atoms with van der Waals surface area (Å²) in [5, 5.41) is 3.58. The Morgan fingerprint density at radius 2 is 1.31 bits per heavy atom. The van der Waals surface area contributed by atoms with Crippen LogP contribution in [-0.2, 0) is 5.41 Å². The van der Waals surface area contributed by atoms with Crippen molar-refractivity contribution in [3.63, 3.8) is 0 Å². The Morgan fingerprint density at radius 3 is 2.09 bits per heavy atom. The molecule has 0 radical (unpaired) electrons. The number of benzene rings is 7. The van der Waals surface area contributed by atoms with Gasteiger partial charge in [-0.25, -0.2) is 0 Å². The fourth-order valence-electron chi connectivity index (χ4n) is 9.20. The van der Waals surface area contributed by atoms with Crippen molar-refractivity contribution in [1.82, 2.24) is 9.55 Å². The molecule has 0 spiro atoms. The van der Waals surface area contributed by atoms with E-state index >= 15 is 0 Å². The Morgan fingerprint density at radius 1 is 0.621 bits per heavy atom. The SMILES string of the molecule is C=Cc1c(/C=C(\C)c2ccc(N(c3ccc(-c4cccnc4)cc3)c3ccc4c(c3)C(C)(C)c3ccccc3-4)c3ccccc23)c2ccccc2n1-c1ccccc1. The van der Waals surface area contributed by atoms with Gasteiger partial charge in [0.15, 0.2) is 0 Å². The molecule has 0 amide bonds. The lowest BCUT2D eigenvalue weighted by atomic mass is 9.82. The number of hydrogen-bond acceptors (Lipinski definition) is 2. The summed E-state index contributed by atoms with van der Waals surface area (Å²) in [6.07, 6.45) is 8.07. The normalized spacial score (nSPS) is 13.1. The molecule has 7 aromatic carbocycles. The number of pyridine rings is 1. The van der Waals surface area contributed by atoms with Crippen molar-refractivity contribution in [1.29, 1.82) is 0 Å². The number of hydrogen-bond donors (Lipinski definition) is 0. The number of nitrogens with zero attached hydrogens (tertiary/aromatic N) is 3. The Kier molecular flexibility index (Phi) is 8.53. The number of fused-ring (bicyclic) bond motifs is 5. The van der Waals surface area contributed by atoms with Crippen molar-refractivity contribution in [3.8, 4) is 27.9 Å². The molecule has 10 rings (SSSR count). The number of allylic oxidation sites excluding steroid dienone is 1. The maximum Gasteiger partial charge on any atom is 0.0541 e. The zero-order chi connectivity index (χ0) is 39.4. The zero-order valence-corrected chi connectivity index (χ0v) is 33.0. The van der Waals surface area contributed by atoms with E-state index in [1.54, 1.807) is 0 Å². The minimum absolute atomic E-state index is 0.125. The third-order valence-electron chi connectivity index (χ3n) is 12.0. The second kappa shape index (κ2) is 14.1. The van der Waals surface area contributed by atoms with Gasteiger partial charge >= 0.3 is 0 Å². The molecule has 0 N–H and O–H groups in total. The molecule has 0 saturated carbocycles. The first kappa shape index (κ1) is 35.2. The Labute approximate surface area is 340 Å². The van der Waals surface area contributed by atoms with Gasteiger partial charge in [0.1, 0.15) is 0 Å². The standard InChI is InChI=1S/C55H43N3/c1-5-52-49(48-22-12-14-24-53(48)58(52)40-17-7-6-8-18-40)34-37(2)43-31-32-54(47-21-10-9-19-44(43)47)57(41-27-25-38(26-28-41)39-16-15-33-56-36-39)42-29-30-46-45-20-11-13-23-50(45)55(3,4)51(46)35-42/h5-36H,1H2,2-4H3/b37-34+. The molecule has 2 heterocycles. The molecular weight excluding hydrogens is 703 g/mol. The van der Waals surface area contributed by atoms with Crippen LogP contribution in [0.15, 0.2) is 189 Å². The largest absolute Gasteiger partial charge is 0.310 e. The predicted octanol–water partition coefficient (Wildman–Crippen LogP) is 14.8. The Balaban J connectivity index is 1.14. The quantitative estimate of drug-likeness (QED) is 0.154. The van der Waals surface area contributed by atoms with Crippen molar-refractivity contribution < 1.29 is 0 Å². The summed E-state index contributed by atoms with van der Waals surface area (Å²) in [6, 6.07) is 61.5. The van der Waals surface area contributed by atoms with Gasteiger partial charge in [-0.1, -0.05) is 136 Å². The monoisotopic (exact) mass is 745 g/mol. The molecule has 0 fully saturated rings. The summed E-state index contributed by atoms with van der Waals surface area (Å²) in [5.74, 6) is 0. The second-order valence-corrected chi connectivity index (χ2v) is 15.7. The molecule has 0 aliphatic heterocycles. The summed E-state index contributed by atoms with van der Waals surface area (Å²) < 4.78 is 2.32. The molecule has 58 heavy (non-hydrogen) atoms. The maximum absolute atomic E-state index is 4.38. The lowest BCUT2D eigenvalue weighted by Crippen LogP contribution is -2.16. The van der Waals surface area contributed by atoms with Crippen molar-refractivity contribution in [2.24, 2.45) is 0 Å². The molecule has 3 nitrogen and oxygen atoms in total. The molecule has 0 atom stereocenters. The van der Waals surface area contributed by atoms with Crippen LogP contribution in [0, 0.1) is 0 Å². The van der Waals surface area contributed by atoms with E-state index in [2.05, 4.69) is 212 Å². The van der Waals surface area contributed by atoms with Gasteiger partial charge in [-0.2, -0.15) is 0 Å². The molecule has 2 aromatic heterocycles. The van der Waals surface area contributed by atoms with Gasteiger partial charge in [0, 0.05) is 51.2 Å². The molecule has 1 aliphatic carbocycles. The van der Waals surface area contributed by atoms with Crippen LogP contribution in [0.3, 0.4) is 0 Å². The van der Waals surface area contributed by atoms with Crippen molar-refractivity contribution >= 4 is 56.5 Å². The minimum atomic E-state index is -0.125. The average molecular weight is 746 g/mol. The first-order chi connectivity index (χ1) is 28.4. The van der Waals surface area contributed by atoms with Gasteiger partial charge in [-0.05, 0) is 124 Å². The number of anilines is 3. The lowest BCUT2D eigenvalue weighted by molar-refractivity contribution is 0.660. The topological polar surface area (TPSA) is 21.1 Å². The average Bonchev–Trinajstić information content (AvgIpc) is 3.71. The molecule has 278 valence electrons. The van der Waals surface area contributed by atoms with E-state index in [1.807, 2.05) is 24.5 Å². The van der Waals surface area contributed by atoms with Crippen molar-refractivity contribution in [2.75, 3.05) is 4.90 Å².